The van der Waals surface area contributed by atoms with Gasteiger partial charge in [0.2, 0.25) is 10.0 Å². The number of rotatable bonds is 4. The molecule has 5 nitrogen and oxygen atoms in total. The van der Waals surface area contributed by atoms with Gasteiger partial charge in [0, 0.05) is 18.0 Å². The topological polar surface area (TPSA) is 81.4 Å². The highest BCUT2D eigenvalue weighted by atomic mass is 32.2. The zero-order chi connectivity index (χ0) is 13.4. The summed E-state index contributed by atoms with van der Waals surface area (Å²) < 4.78 is 32.9. The van der Waals surface area contributed by atoms with Crippen molar-refractivity contribution in [3.63, 3.8) is 0 Å². The first-order valence-corrected chi connectivity index (χ1v) is 8.13. The van der Waals surface area contributed by atoms with Crippen LogP contribution in [0.15, 0.2) is 10.3 Å². The summed E-state index contributed by atoms with van der Waals surface area (Å²) >= 11 is 1.38. The van der Waals surface area contributed by atoms with E-state index in [1.54, 1.807) is 6.92 Å². The minimum absolute atomic E-state index is 0.238. The van der Waals surface area contributed by atoms with Gasteiger partial charge in [-0.05, 0) is 31.2 Å². The fraction of sp³-hybridized carbons (Fsp3) is 0.636. The molecule has 0 saturated carbocycles. The molecule has 0 amide bonds. The predicted octanol–water partition coefficient (Wildman–Crippen LogP) is 0.973. The Balaban J connectivity index is 2.33. The summed E-state index contributed by atoms with van der Waals surface area (Å²) in [6.07, 6.45) is 0.688. The lowest BCUT2D eigenvalue weighted by molar-refractivity contribution is 0.178. The third kappa shape index (κ3) is 2.60. The van der Waals surface area contributed by atoms with Gasteiger partial charge in [0.05, 0.1) is 12.1 Å². The summed E-state index contributed by atoms with van der Waals surface area (Å²) in [6, 6.07) is 0. The van der Waals surface area contributed by atoms with Crippen molar-refractivity contribution in [2.75, 3.05) is 13.2 Å². The summed E-state index contributed by atoms with van der Waals surface area (Å²) in [5.74, 6) is 0. The van der Waals surface area contributed by atoms with Gasteiger partial charge in [0.15, 0.2) is 0 Å². The predicted molar refractivity (Wildman–Crippen MR) is 71.1 cm³/mol. The molecule has 1 saturated heterocycles. The van der Waals surface area contributed by atoms with Crippen molar-refractivity contribution in [3.8, 4) is 0 Å². The van der Waals surface area contributed by atoms with Gasteiger partial charge in [-0.3, -0.25) is 0 Å². The SMILES string of the molecule is Cc1csc(CN)c1S(=O)(=O)NC1(C)CCOC1. The second-order valence-corrected chi connectivity index (χ2v) is 7.43. The molecule has 1 aliphatic heterocycles. The van der Waals surface area contributed by atoms with Crippen LogP contribution in [0.1, 0.15) is 23.8 Å². The first kappa shape index (κ1) is 14.0. The molecule has 0 radical (unpaired) electrons. The zero-order valence-electron chi connectivity index (χ0n) is 10.5. The van der Waals surface area contributed by atoms with Crippen LogP contribution in [0.4, 0.5) is 0 Å². The lowest BCUT2D eigenvalue weighted by atomic mass is 10.0. The van der Waals surface area contributed by atoms with Crippen LogP contribution in [0.5, 0.6) is 0 Å². The number of aryl methyl sites for hydroxylation is 1. The molecule has 1 aromatic heterocycles. The zero-order valence-corrected chi connectivity index (χ0v) is 12.2. The summed E-state index contributed by atoms with van der Waals surface area (Å²) in [4.78, 5) is 1.03. The highest BCUT2D eigenvalue weighted by Gasteiger charge is 2.36. The van der Waals surface area contributed by atoms with Crippen LogP contribution in [-0.2, 0) is 21.3 Å². The van der Waals surface area contributed by atoms with Crippen molar-refractivity contribution >= 4 is 21.4 Å². The quantitative estimate of drug-likeness (QED) is 0.866. The molecule has 1 fully saturated rings. The van der Waals surface area contributed by atoms with E-state index in [1.165, 1.54) is 11.3 Å². The average Bonchev–Trinajstić information content (AvgIpc) is 2.84. The molecule has 102 valence electrons. The van der Waals surface area contributed by atoms with E-state index in [0.29, 0.717) is 29.4 Å². The Bertz CT molecular complexity index is 530. The molecule has 0 aromatic carbocycles. The van der Waals surface area contributed by atoms with Crippen LogP contribution in [0, 0.1) is 6.92 Å². The van der Waals surface area contributed by atoms with Gasteiger partial charge in [-0.2, -0.15) is 0 Å². The molecule has 1 atom stereocenters. The smallest absolute Gasteiger partial charge is 0.242 e. The monoisotopic (exact) mass is 290 g/mol. The largest absolute Gasteiger partial charge is 0.379 e. The summed E-state index contributed by atoms with van der Waals surface area (Å²) in [7, 11) is -3.53. The van der Waals surface area contributed by atoms with E-state index in [2.05, 4.69) is 4.72 Å². The summed E-state index contributed by atoms with van der Waals surface area (Å²) in [6.45, 7) is 4.89. The van der Waals surface area contributed by atoms with Gasteiger partial charge in [0.1, 0.15) is 4.90 Å². The van der Waals surface area contributed by atoms with E-state index >= 15 is 0 Å². The van der Waals surface area contributed by atoms with Gasteiger partial charge in [-0.15, -0.1) is 11.3 Å². The second kappa shape index (κ2) is 4.90. The van der Waals surface area contributed by atoms with Gasteiger partial charge in [0.25, 0.3) is 0 Å². The standard InChI is InChI=1S/C11H18N2O3S2/c1-8-6-17-9(5-12)10(8)18(14,15)13-11(2)3-4-16-7-11/h6,13H,3-5,7,12H2,1-2H3. The highest BCUT2D eigenvalue weighted by molar-refractivity contribution is 7.89. The third-order valence-corrected chi connectivity index (χ3v) is 6.17. The molecule has 2 heterocycles. The van der Waals surface area contributed by atoms with Crippen molar-refractivity contribution < 1.29 is 13.2 Å². The third-order valence-electron chi connectivity index (χ3n) is 3.04. The molecular weight excluding hydrogens is 272 g/mol. The normalized spacial score (nSPS) is 24.6. The molecule has 0 spiro atoms. The van der Waals surface area contributed by atoms with Crippen molar-refractivity contribution in [2.24, 2.45) is 5.73 Å². The first-order chi connectivity index (χ1) is 8.38. The Kier molecular flexibility index (Phi) is 3.80. The van der Waals surface area contributed by atoms with E-state index in [4.69, 9.17) is 10.5 Å². The summed E-state index contributed by atoms with van der Waals surface area (Å²) in [5.41, 5.74) is 5.83. The minimum atomic E-state index is -3.53. The fourth-order valence-electron chi connectivity index (χ4n) is 2.11. The van der Waals surface area contributed by atoms with E-state index in [-0.39, 0.29) is 6.54 Å². The fourth-order valence-corrected chi connectivity index (χ4v) is 5.24. The van der Waals surface area contributed by atoms with E-state index in [0.717, 1.165) is 5.56 Å². The summed E-state index contributed by atoms with van der Waals surface area (Å²) in [5, 5.41) is 1.82. The van der Waals surface area contributed by atoms with E-state index < -0.39 is 15.6 Å². The maximum Gasteiger partial charge on any atom is 0.242 e. The van der Waals surface area contributed by atoms with Crippen molar-refractivity contribution in [2.45, 2.75) is 37.2 Å². The molecule has 3 N–H and O–H groups in total. The van der Waals surface area contributed by atoms with Crippen LogP contribution in [-0.4, -0.2) is 27.2 Å². The minimum Gasteiger partial charge on any atom is -0.379 e. The Hall–Kier alpha value is -0.470. The molecule has 1 aromatic rings. The van der Waals surface area contributed by atoms with Crippen LogP contribution in [0.25, 0.3) is 0 Å². The van der Waals surface area contributed by atoms with Gasteiger partial charge in [-0.25, -0.2) is 13.1 Å². The van der Waals surface area contributed by atoms with Crippen LogP contribution >= 0.6 is 11.3 Å². The van der Waals surface area contributed by atoms with Crippen molar-refractivity contribution in [1.82, 2.24) is 4.72 Å². The first-order valence-electron chi connectivity index (χ1n) is 5.77. The number of hydrogen-bond donors (Lipinski definition) is 2. The Morgan fingerprint density at radius 1 is 1.61 bits per heavy atom. The van der Waals surface area contributed by atoms with E-state index in [9.17, 15) is 8.42 Å². The van der Waals surface area contributed by atoms with Crippen LogP contribution in [0.2, 0.25) is 0 Å². The number of ether oxygens (including phenoxy) is 1. The van der Waals surface area contributed by atoms with Crippen molar-refractivity contribution in [3.05, 3.63) is 15.8 Å². The number of nitrogens with one attached hydrogen (secondary N) is 1. The lowest BCUT2D eigenvalue weighted by Gasteiger charge is -2.23. The molecule has 0 bridgehead atoms. The number of sulfonamides is 1. The Labute approximate surface area is 111 Å². The second-order valence-electron chi connectivity index (χ2n) is 4.84. The Morgan fingerprint density at radius 3 is 2.89 bits per heavy atom. The number of hydrogen-bond acceptors (Lipinski definition) is 5. The maximum atomic E-state index is 12.4. The van der Waals surface area contributed by atoms with E-state index in [1.807, 2.05) is 12.3 Å². The maximum absolute atomic E-state index is 12.4. The van der Waals surface area contributed by atoms with Gasteiger partial charge in [-0.1, -0.05) is 0 Å². The molecule has 2 rings (SSSR count). The highest BCUT2D eigenvalue weighted by Crippen LogP contribution is 2.29. The molecule has 0 aliphatic carbocycles. The van der Waals surface area contributed by atoms with Crippen LogP contribution < -0.4 is 10.5 Å². The number of thiophene rings is 1. The number of nitrogens with two attached hydrogens (primary N) is 1. The molecule has 7 heteroatoms. The average molecular weight is 290 g/mol. The molecule has 18 heavy (non-hydrogen) atoms. The molecule has 1 aliphatic rings. The van der Waals surface area contributed by atoms with Crippen molar-refractivity contribution in [1.29, 1.82) is 0 Å². The lowest BCUT2D eigenvalue weighted by Crippen LogP contribution is -2.46. The molecule has 1 unspecified atom stereocenters. The van der Waals surface area contributed by atoms with Gasteiger partial charge >= 0.3 is 0 Å². The Morgan fingerprint density at radius 2 is 2.33 bits per heavy atom. The van der Waals surface area contributed by atoms with Gasteiger partial charge < -0.3 is 10.5 Å². The molecular formula is C11H18N2O3S2. The van der Waals surface area contributed by atoms with Crippen LogP contribution in [0.3, 0.4) is 0 Å².